The van der Waals surface area contributed by atoms with E-state index < -0.39 is 0 Å². The molecule has 1 aliphatic carbocycles. The van der Waals surface area contributed by atoms with Crippen LogP contribution in [0.5, 0.6) is 0 Å². The predicted molar refractivity (Wildman–Crippen MR) is 125 cm³/mol. The van der Waals surface area contributed by atoms with Gasteiger partial charge in [0.2, 0.25) is 11.8 Å². The van der Waals surface area contributed by atoms with Crippen molar-refractivity contribution in [2.45, 2.75) is 39.3 Å². The van der Waals surface area contributed by atoms with Crippen LogP contribution >= 0.6 is 0 Å². The van der Waals surface area contributed by atoms with Gasteiger partial charge in [-0.2, -0.15) is 0 Å². The van der Waals surface area contributed by atoms with Crippen LogP contribution < -0.4 is 0 Å². The molecule has 0 spiro atoms. The lowest BCUT2D eigenvalue weighted by atomic mass is 9.84. The second-order valence-electron chi connectivity index (χ2n) is 9.23. The SMILES string of the molecule is Cc1ccc(CN(Cc2ccc(F)cc2)C(=O)CN(CCN2CCOCC2)C(=O)C2CCC2)o1. The minimum Gasteiger partial charge on any atom is -0.464 e. The quantitative estimate of drug-likeness (QED) is 0.532. The van der Waals surface area contributed by atoms with Crippen molar-refractivity contribution < 1.29 is 23.1 Å². The van der Waals surface area contributed by atoms with Crippen LogP contribution in [-0.4, -0.2) is 72.5 Å². The number of carbonyl (C=O) groups is 2. The lowest BCUT2D eigenvalue weighted by Crippen LogP contribution is -2.49. The number of rotatable bonds is 10. The average molecular weight is 472 g/mol. The van der Waals surface area contributed by atoms with E-state index in [9.17, 15) is 14.0 Å². The van der Waals surface area contributed by atoms with Crippen molar-refractivity contribution in [3.63, 3.8) is 0 Å². The molecule has 0 bridgehead atoms. The largest absolute Gasteiger partial charge is 0.464 e. The van der Waals surface area contributed by atoms with E-state index in [2.05, 4.69) is 4.90 Å². The number of nitrogens with zero attached hydrogens (tertiary/aromatic N) is 3. The Morgan fingerprint density at radius 2 is 1.76 bits per heavy atom. The summed E-state index contributed by atoms with van der Waals surface area (Å²) in [5.74, 6) is 1.09. The number of benzene rings is 1. The maximum Gasteiger partial charge on any atom is 0.242 e. The molecule has 1 saturated heterocycles. The van der Waals surface area contributed by atoms with Gasteiger partial charge in [0, 0.05) is 38.6 Å². The molecule has 2 amide bonds. The summed E-state index contributed by atoms with van der Waals surface area (Å²) in [6.07, 6.45) is 2.86. The fourth-order valence-electron chi connectivity index (χ4n) is 4.33. The van der Waals surface area contributed by atoms with Gasteiger partial charge in [0.1, 0.15) is 17.3 Å². The van der Waals surface area contributed by atoms with E-state index in [4.69, 9.17) is 9.15 Å². The zero-order valence-electron chi connectivity index (χ0n) is 19.9. The van der Waals surface area contributed by atoms with E-state index in [1.165, 1.54) is 12.1 Å². The van der Waals surface area contributed by atoms with Gasteiger partial charge < -0.3 is 19.0 Å². The van der Waals surface area contributed by atoms with Crippen molar-refractivity contribution >= 4 is 11.8 Å². The van der Waals surface area contributed by atoms with Crippen LogP contribution in [0.2, 0.25) is 0 Å². The third kappa shape index (κ3) is 6.67. The van der Waals surface area contributed by atoms with Crippen LogP contribution in [0.15, 0.2) is 40.8 Å². The van der Waals surface area contributed by atoms with Crippen LogP contribution in [0.3, 0.4) is 0 Å². The Hall–Kier alpha value is -2.71. The van der Waals surface area contributed by atoms with E-state index in [-0.39, 0.29) is 30.1 Å². The Morgan fingerprint density at radius 3 is 2.38 bits per heavy atom. The van der Waals surface area contributed by atoms with Gasteiger partial charge in [0.25, 0.3) is 0 Å². The number of hydrogen-bond donors (Lipinski definition) is 0. The van der Waals surface area contributed by atoms with E-state index in [0.717, 1.165) is 50.2 Å². The molecule has 0 unspecified atom stereocenters. The van der Waals surface area contributed by atoms with Gasteiger partial charge in [-0.15, -0.1) is 0 Å². The number of carbonyl (C=O) groups excluding carboxylic acids is 2. The summed E-state index contributed by atoms with van der Waals surface area (Å²) in [6, 6.07) is 9.87. The van der Waals surface area contributed by atoms with Crippen molar-refractivity contribution in [1.29, 1.82) is 0 Å². The molecular formula is C26H34FN3O4. The molecule has 0 N–H and O–H groups in total. The van der Waals surface area contributed by atoms with Gasteiger partial charge in [-0.05, 0) is 49.6 Å². The molecule has 2 aliphatic rings. The summed E-state index contributed by atoms with van der Waals surface area (Å²) in [4.78, 5) is 32.4. The first-order chi connectivity index (χ1) is 16.5. The molecule has 8 heteroatoms. The molecule has 7 nitrogen and oxygen atoms in total. The number of amides is 2. The van der Waals surface area contributed by atoms with Gasteiger partial charge >= 0.3 is 0 Å². The first-order valence-electron chi connectivity index (χ1n) is 12.1. The maximum atomic E-state index is 13.5. The molecule has 1 saturated carbocycles. The molecule has 34 heavy (non-hydrogen) atoms. The first kappa shape index (κ1) is 24.4. The molecule has 0 radical (unpaired) electrons. The van der Waals surface area contributed by atoms with Gasteiger partial charge in [-0.1, -0.05) is 18.6 Å². The summed E-state index contributed by atoms with van der Waals surface area (Å²) in [7, 11) is 0. The highest BCUT2D eigenvalue weighted by molar-refractivity contribution is 5.86. The summed E-state index contributed by atoms with van der Waals surface area (Å²) in [5, 5.41) is 0. The minimum atomic E-state index is -0.316. The van der Waals surface area contributed by atoms with Crippen LogP contribution in [0, 0.1) is 18.7 Å². The van der Waals surface area contributed by atoms with Crippen molar-refractivity contribution in [3.05, 3.63) is 59.3 Å². The van der Waals surface area contributed by atoms with Crippen LogP contribution in [0.4, 0.5) is 4.39 Å². The number of halogens is 1. The molecule has 184 valence electrons. The van der Waals surface area contributed by atoms with Crippen molar-refractivity contribution in [2.75, 3.05) is 45.9 Å². The van der Waals surface area contributed by atoms with Gasteiger partial charge in [0.15, 0.2) is 0 Å². The highest BCUT2D eigenvalue weighted by Gasteiger charge is 2.31. The third-order valence-electron chi connectivity index (χ3n) is 6.66. The predicted octanol–water partition coefficient (Wildman–Crippen LogP) is 3.22. The Bertz CT molecular complexity index is 951. The molecule has 2 fully saturated rings. The fraction of sp³-hybridized carbons (Fsp3) is 0.538. The Labute approximate surface area is 200 Å². The summed E-state index contributed by atoms with van der Waals surface area (Å²) >= 11 is 0. The van der Waals surface area contributed by atoms with E-state index in [0.29, 0.717) is 38.6 Å². The topological polar surface area (TPSA) is 66.2 Å². The van der Waals surface area contributed by atoms with Crippen molar-refractivity contribution in [2.24, 2.45) is 5.92 Å². The smallest absolute Gasteiger partial charge is 0.242 e. The zero-order chi connectivity index (χ0) is 23.9. The van der Waals surface area contributed by atoms with Crippen molar-refractivity contribution in [1.82, 2.24) is 14.7 Å². The number of furan rings is 1. The molecule has 2 heterocycles. The maximum absolute atomic E-state index is 13.5. The standard InChI is InChI=1S/C26H34FN3O4/c1-20-5-10-24(34-20)18-30(17-21-6-8-23(27)9-7-21)25(31)19-29(26(32)22-3-2-4-22)12-11-28-13-15-33-16-14-28/h5-10,22H,2-4,11-19H2,1H3. The highest BCUT2D eigenvalue weighted by atomic mass is 19.1. The number of hydrogen-bond acceptors (Lipinski definition) is 5. The molecule has 1 aromatic heterocycles. The average Bonchev–Trinajstić information content (AvgIpc) is 3.21. The van der Waals surface area contributed by atoms with E-state index in [1.54, 1.807) is 21.9 Å². The Balaban J connectivity index is 1.46. The fourth-order valence-corrected chi connectivity index (χ4v) is 4.33. The Kier molecular flexibility index (Phi) is 8.34. The monoisotopic (exact) mass is 471 g/mol. The van der Waals surface area contributed by atoms with Gasteiger partial charge in [0.05, 0.1) is 26.3 Å². The lowest BCUT2D eigenvalue weighted by molar-refractivity contribution is -0.145. The second kappa shape index (κ2) is 11.6. The van der Waals surface area contributed by atoms with Gasteiger partial charge in [-0.25, -0.2) is 4.39 Å². The van der Waals surface area contributed by atoms with Gasteiger partial charge in [-0.3, -0.25) is 14.5 Å². The lowest BCUT2D eigenvalue weighted by Gasteiger charge is -2.35. The number of aryl methyl sites for hydroxylation is 1. The molecule has 1 aliphatic heterocycles. The van der Waals surface area contributed by atoms with Crippen LogP contribution in [-0.2, 0) is 27.4 Å². The number of morpholine rings is 1. The Morgan fingerprint density at radius 1 is 1.03 bits per heavy atom. The van der Waals surface area contributed by atoms with Crippen molar-refractivity contribution in [3.8, 4) is 0 Å². The molecule has 1 aromatic carbocycles. The first-order valence-corrected chi connectivity index (χ1v) is 12.1. The van der Waals surface area contributed by atoms with Crippen LogP contribution in [0.25, 0.3) is 0 Å². The normalized spacial score (nSPS) is 16.8. The zero-order valence-corrected chi connectivity index (χ0v) is 19.9. The molecule has 4 rings (SSSR count). The minimum absolute atomic E-state index is 0.0239. The summed E-state index contributed by atoms with van der Waals surface area (Å²) < 4.78 is 24.5. The summed E-state index contributed by atoms with van der Waals surface area (Å²) in [5.41, 5.74) is 0.822. The van der Waals surface area contributed by atoms with E-state index in [1.807, 2.05) is 19.1 Å². The summed E-state index contributed by atoms with van der Waals surface area (Å²) in [6.45, 7) is 6.82. The van der Waals surface area contributed by atoms with Crippen LogP contribution in [0.1, 0.15) is 36.3 Å². The second-order valence-corrected chi connectivity index (χ2v) is 9.23. The third-order valence-corrected chi connectivity index (χ3v) is 6.66. The highest BCUT2D eigenvalue weighted by Crippen LogP contribution is 2.28. The molecule has 0 atom stereocenters. The molecule has 2 aromatic rings. The van der Waals surface area contributed by atoms with E-state index >= 15 is 0 Å². The molecular weight excluding hydrogens is 437 g/mol. The number of ether oxygens (including phenoxy) is 1.